The largest absolute Gasteiger partial charge is 0.490 e. The van der Waals surface area contributed by atoms with Crippen LogP contribution in [0.25, 0.3) is 0 Å². The van der Waals surface area contributed by atoms with Crippen LogP contribution in [0.3, 0.4) is 0 Å². The van der Waals surface area contributed by atoms with Gasteiger partial charge >= 0.3 is 11.9 Å². The van der Waals surface area contributed by atoms with Crippen molar-refractivity contribution in [1.29, 1.82) is 5.26 Å². The van der Waals surface area contributed by atoms with E-state index in [0.717, 1.165) is 6.07 Å². The van der Waals surface area contributed by atoms with E-state index in [1.54, 1.807) is 6.92 Å². The maximum absolute atomic E-state index is 12.8. The molecule has 0 heterocycles. The van der Waals surface area contributed by atoms with Crippen LogP contribution in [0.1, 0.15) is 18.1 Å². The van der Waals surface area contributed by atoms with E-state index in [0.29, 0.717) is 12.1 Å². The quantitative estimate of drug-likeness (QED) is 0.512. The molecule has 0 atom stereocenters. The first-order chi connectivity index (χ1) is 12.2. The first kappa shape index (κ1) is 19.3. The van der Waals surface area contributed by atoms with Crippen LogP contribution in [0, 0.1) is 21.4 Å². The molecule has 2 aromatic carbocycles. The van der Waals surface area contributed by atoms with E-state index in [-0.39, 0.29) is 28.7 Å². The summed E-state index contributed by atoms with van der Waals surface area (Å²) in [5, 5.41) is 20.0. The Morgan fingerprint density at radius 1 is 1.27 bits per heavy atom. The number of hydrogen-bond acceptors (Lipinski definition) is 5. The van der Waals surface area contributed by atoms with Gasteiger partial charge in [0, 0.05) is 12.1 Å². The van der Waals surface area contributed by atoms with Gasteiger partial charge < -0.3 is 9.47 Å². The number of halogens is 4. The summed E-state index contributed by atoms with van der Waals surface area (Å²) >= 11 is 6.03. The van der Waals surface area contributed by atoms with E-state index in [2.05, 4.69) is 0 Å². The molecule has 0 unspecified atom stereocenters. The summed E-state index contributed by atoms with van der Waals surface area (Å²) in [5.41, 5.74) is -1.91. The molecule has 0 aliphatic heterocycles. The van der Waals surface area contributed by atoms with Crippen LogP contribution >= 0.6 is 11.6 Å². The van der Waals surface area contributed by atoms with Gasteiger partial charge in [0.05, 0.1) is 33.7 Å². The van der Waals surface area contributed by atoms with Crippen LogP contribution in [0.2, 0.25) is 5.02 Å². The number of nitriles is 1. The summed E-state index contributed by atoms with van der Waals surface area (Å²) < 4.78 is 49.0. The summed E-state index contributed by atoms with van der Waals surface area (Å²) in [4.78, 5) is 10.1. The van der Waals surface area contributed by atoms with Crippen molar-refractivity contribution in [2.75, 3.05) is 6.61 Å². The van der Waals surface area contributed by atoms with E-state index in [1.807, 2.05) is 6.07 Å². The zero-order valence-electron chi connectivity index (χ0n) is 13.1. The van der Waals surface area contributed by atoms with Gasteiger partial charge in [0.1, 0.15) is 0 Å². The Morgan fingerprint density at radius 2 is 1.96 bits per heavy atom. The standard InChI is InChI=1S/C16H10ClF3N2O4/c1-2-25-14-6-9(8-21)5-11(17)15(14)26-13-4-3-10(16(18,19)20)7-12(13)22(23)24/h3-7H,2H2,1H3. The highest BCUT2D eigenvalue weighted by molar-refractivity contribution is 6.32. The monoisotopic (exact) mass is 386 g/mol. The molecule has 0 saturated heterocycles. The third kappa shape index (κ3) is 4.15. The lowest BCUT2D eigenvalue weighted by atomic mass is 10.1. The van der Waals surface area contributed by atoms with Crippen molar-refractivity contribution in [3.63, 3.8) is 0 Å². The highest BCUT2D eigenvalue weighted by Crippen LogP contribution is 2.43. The van der Waals surface area contributed by atoms with Crippen LogP contribution in [0.15, 0.2) is 30.3 Å². The molecule has 6 nitrogen and oxygen atoms in total. The molecule has 0 bridgehead atoms. The zero-order chi connectivity index (χ0) is 19.5. The maximum atomic E-state index is 12.8. The number of alkyl halides is 3. The Hall–Kier alpha value is -2.99. The predicted molar refractivity (Wildman–Crippen MR) is 85.5 cm³/mol. The van der Waals surface area contributed by atoms with E-state index in [4.69, 9.17) is 26.3 Å². The summed E-state index contributed by atoms with van der Waals surface area (Å²) in [5.74, 6) is -0.559. The number of benzene rings is 2. The first-order valence-electron chi connectivity index (χ1n) is 7.07. The molecule has 10 heteroatoms. The Balaban J connectivity index is 2.55. The fourth-order valence-corrected chi connectivity index (χ4v) is 2.28. The molecule has 0 aromatic heterocycles. The second kappa shape index (κ2) is 7.49. The zero-order valence-corrected chi connectivity index (χ0v) is 13.9. The van der Waals surface area contributed by atoms with Gasteiger partial charge in [-0.3, -0.25) is 10.1 Å². The SMILES string of the molecule is CCOc1cc(C#N)cc(Cl)c1Oc1ccc(C(F)(F)F)cc1[N+](=O)[O-]. The lowest BCUT2D eigenvalue weighted by molar-refractivity contribution is -0.385. The fraction of sp³-hybridized carbons (Fsp3) is 0.188. The lowest BCUT2D eigenvalue weighted by Gasteiger charge is -2.14. The Morgan fingerprint density at radius 3 is 2.50 bits per heavy atom. The molecule has 2 aromatic rings. The number of nitrogens with zero attached hydrogens (tertiary/aromatic N) is 2. The summed E-state index contributed by atoms with van der Waals surface area (Å²) in [6.45, 7) is 1.83. The van der Waals surface area contributed by atoms with Gasteiger partial charge in [0.2, 0.25) is 5.75 Å². The molecule has 0 aliphatic carbocycles. The minimum atomic E-state index is -4.74. The van der Waals surface area contributed by atoms with Gasteiger partial charge in [-0.1, -0.05) is 11.6 Å². The average molecular weight is 387 g/mol. The molecule has 2 rings (SSSR count). The molecule has 0 fully saturated rings. The third-order valence-corrected chi connectivity index (χ3v) is 3.41. The molecule has 26 heavy (non-hydrogen) atoms. The van der Waals surface area contributed by atoms with E-state index >= 15 is 0 Å². The van der Waals surface area contributed by atoms with E-state index in [9.17, 15) is 23.3 Å². The predicted octanol–water partition coefficient (Wildman–Crippen LogP) is 5.33. The highest BCUT2D eigenvalue weighted by Gasteiger charge is 2.33. The van der Waals surface area contributed by atoms with Gasteiger partial charge in [0.25, 0.3) is 0 Å². The smallest absolute Gasteiger partial charge is 0.416 e. The topological polar surface area (TPSA) is 85.4 Å². The third-order valence-electron chi connectivity index (χ3n) is 3.13. The summed E-state index contributed by atoms with van der Waals surface area (Å²) in [7, 11) is 0. The number of nitro benzene ring substituents is 1. The number of hydrogen-bond donors (Lipinski definition) is 0. The summed E-state index contributed by atoms with van der Waals surface area (Å²) in [6, 6.07) is 6.26. The molecular weight excluding hydrogens is 377 g/mol. The van der Waals surface area contributed by atoms with E-state index < -0.39 is 28.1 Å². The lowest BCUT2D eigenvalue weighted by Crippen LogP contribution is -2.06. The number of nitro groups is 1. The molecular formula is C16H10ClF3N2O4. The second-order valence-electron chi connectivity index (χ2n) is 4.87. The van der Waals surface area contributed by atoms with Crippen molar-refractivity contribution >= 4 is 17.3 Å². The van der Waals surface area contributed by atoms with Crippen molar-refractivity contribution in [3.05, 3.63) is 56.6 Å². The van der Waals surface area contributed by atoms with Crippen LogP contribution in [-0.4, -0.2) is 11.5 Å². The van der Waals surface area contributed by atoms with Gasteiger partial charge in [-0.05, 0) is 25.1 Å². The van der Waals surface area contributed by atoms with Crippen molar-refractivity contribution < 1.29 is 27.6 Å². The van der Waals surface area contributed by atoms with Crippen LogP contribution in [0.4, 0.5) is 18.9 Å². The molecule has 0 spiro atoms. The Bertz CT molecular complexity index is 894. The number of ether oxygens (including phenoxy) is 2. The Kier molecular flexibility index (Phi) is 5.57. The van der Waals surface area contributed by atoms with Gasteiger partial charge in [-0.25, -0.2) is 0 Å². The van der Waals surface area contributed by atoms with Gasteiger partial charge in [-0.15, -0.1) is 0 Å². The number of rotatable bonds is 5. The van der Waals surface area contributed by atoms with Crippen LogP contribution in [-0.2, 0) is 6.18 Å². The normalized spacial score (nSPS) is 10.9. The first-order valence-corrected chi connectivity index (χ1v) is 7.45. The molecule has 0 amide bonds. The van der Waals surface area contributed by atoms with Gasteiger partial charge in [0.15, 0.2) is 11.5 Å². The maximum Gasteiger partial charge on any atom is 0.416 e. The molecule has 0 saturated carbocycles. The van der Waals surface area contributed by atoms with Crippen molar-refractivity contribution in [1.82, 2.24) is 0 Å². The van der Waals surface area contributed by atoms with Crippen molar-refractivity contribution in [2.45, 2.75) is 13.1 Å². The molecule has 0 radical (unpaired) electrons. The van der Waals surface area contributed by atoms with Crippen molar-refractivity contribution in [2.24, 2.45) is 0 Å². The molecule has 0 aliphatic rings. The average Bonchev–Trinajstić information content (AvgIpc) is 2.56. The van der Waals surface area contributed by atoms with E-state index in [1.165, 1.54) is 12.1 Å². The van der Waals surface area contributed by atoms with Crippen LogP contribution in [0.5, 0.6) is 17.2 Å². The minimum absolute atomic E-state index is 0.0331. The Labute approximate surface area is 150 Å². The molecule has 0 N–H and O–H groups in total. The second-order valence-corrected chi connectivity index (χ2v) is 5.28. The molecule has 136 valence electrons. The highest BCUT2D eigenvalue weighted by atomic mass is 35.5. The summed E-state index contributed by atoms with van der Waals surface area (Å²) in [6.07, 6.45) is -4.74. The van der Waals surface area contributed by atoms with Crippen LogP contribution < -0.4 is 9.47 Å². The fourth-order valence-electron chi connectivity index (χ4n) is 2.03. The minimum Gasteiger partial charge on any atom is -0.490 e. The van der Waals surface area contributed by atoms with Gasteiger partial charge in [-0.2, -0.15) is 18.4 Å². The van der Waals surface area contributed by atoms with Crippen molar-refractivity contribution in [3.8, 4) is 23.3 Å².